The molecule has 0 spiro atoms. The van der Waals surface area contributed by atoms with Gasteiger partial charge in [0.1, 0.15) is 6.61 Å². The van der Waals surface area contributed by atoms with Crippen LogP contribution in [0.5, 0.6) is 0 Å². The van der Waals surface area contributed by atoms with Crippen LogP contribution < -0.4 is 0 Å². The van der Waals surface area contributed by atoms with Crippen LogP contribution in [0.25, 0.3) is 0 Å². The van der Waals surface area contributed by atoms with Crippen LogP contribution in [0.1, 0.15) is 11.6 Å². The molecule has 1 saturated heterocycles. The average molecular weight is 256 g/mol. The zero-order chi connectivity index (χ0) is 11.9. The van der Waals surface area contributed by atoms with E-state index in [4.69, 9.17) is 9.47 Å². The molecule has 1 aromatic rings. The minimum Gasteiger partial charge on any atom is -0.467 e. The van der Waals surface area contributed by atoms with E-state index < -0.39 is 0 Å². The number of nitrogens with zero attached hydrogens (tertiary/aromatic N) is 2. The Hall–Kier alpha value is -0.980. The van der Waals surface area contributed by atoms with E-state index in [-0.39, 0.29) is 5.92 Å². The highest BCUT2D eigenvalue weighted by atomic mass is 32.1. The normalized spacial score (nSPS) is 18.8. The van der Waals surface area contributed by atoms with E-state index in [2.05, 4.69) is 9.88 Å². The summed E-state index contributed by atoms with van der Waals surface area (Å²) in [5, 5.41) is 2.01. The van der Waals surface area contributed by atoms with Crippen LogP contribution in [0.4, 0.5) is 0 Å². The predicted molar refractivity (Wildman–Crippen MR) is 64.1 cm³/mol. The van der Waals surface area contributed by atoms with Gasteiger partial charge in [0.2, 0.25) is 0 Å². The lowest BCUT2D eigenvalue weighted by atomic mass is 10.1. The van der Waals surface area contributed by atoms with Crippen molar-refractivity contribution < 1.29 is 14.3 Å². The molecule has 0 N–H and O–H groups in total. The number of hydrogen-bond donors (Lipinski definition) is 0. The second kappa shape index (κ2) is 6.68. The molecule has 0 amide bonds. The van der Waals surface area contributed by atoms with Crippen molar-refractivity contribution in [2.75, 3.05) is 39.5 Å². The fourth-order valence-corrected chi connectivity index (χ4v) is 2.54. The Kier molecular flexibility index (Phi) is 4.90. The van der Waals surface area contributed by atoms with Crippen molar-refractivity contribution >= 4 is 17.8 Å². The van der Waals surface area contributed by atoms with Gasteiger partial charge in [-0.05, 0) is 0 Å². The zero-order valence-electron chi connectivity index (χ0n) is 9.58. The van der Waals surface area contributed by atoms with Crippen LogP contribution >= 0.6 is 11.3 Å². The molecule has 2 rings (SSSR count). The minimum atomic E-state index is 0.157. The molecular weight excluding hydrogens is 240 g/mol. The largest absolute Gasteiger partial charge is 0.467 e. The molecule has 17 heavy (non-hydrogen) atoms. The topological polar surface area (TPSA) is 51.7 Å². The van der Waals surface area contributed by atoms with Crippen molar-refractivity contribution in [2.45, 2.75) is 5.92 Å². The fourth-order valence-electron chi connectivity index (χ4n) is 1.91. The monoisotopic (exact) mass is 256 g/mol. The zero-order valence-corrected chi connectivity index (χ0v) is 10.4. The van der Waals surface area contributed by atoms with E-state index in [0.717, 1.165) is 38.5 Å². The Bertz CT molecular complexity index is 325. The number of aromatic nitrogens is 1. The quantitative estimate of drug-likeness (QED) is 0.702. The molecule has 0 aliphatic carbocycles. The third kappa shape index (κ3) is 3.76. The van der Waals surface area contributed by atoms with Crippen LogP contribution in [0.15, 0.2) is 10.9 Å². The third-order valence-electron chi connectivity index (χ3n) is 2.82. The Labute approximate surface area is 104 Å². The first kappa shape index (κ1) is 12.5. The maximum atomic E-state index is 10.3. The first-order valence-electron chi connectivity index (χ1n) is 5.63. The van der Waals surface area contributed by atoms with Crippen LogP contribution in [-0.2, 0) is 14.3 Å². The van der Waals surface area contributed by atoms with Gasteiger partial charge >= 0.3 is 0 Å². The summed E-state index contributed by atoms with van der Waals surface area (Å²) in [5.74, 6) is 0.157. The smallest absolute Gasteiger partial charge is 0.293 e. The van der Waals surface area contributed by atoms with Gasteiger partial charge in [0, 0.05) is 30.9 Å². The van der Waals surface area contributed by atoms with Crippen molar-refractivity contribution in [1.29, 1.82) is 0 Å². The maximum Gasteiger partial charge on any atom is 0.293 e. The first-order valence-corrected chi connectivity index (χ1v) is 6.58. The summed E-state index contributed by atoms with van der Waals surface area (Å²) in [6.07, 6.45) is 0. The van der Waals surface area contributed by atoms with Crippen LogP contribution in [-0.4, -0.2) is 55.8 Å². The van der Waals surface area contributed by atoms with Crippen molar-refractivity contribution in [3.05, 3.63) is 16.6 Å². The molecule has 0 radical (unpaired) electrons. The van der Waals surface area contributed by atoms with E-state index in [9.17, 15) is 4.79 Å². The molecule has 1 aromatic heterocycles. The summed E-state index contributed by atoms with van der Waals surface area (Å²) in [6, 6.07) is 0. The highest BCUT2D eigenvalue weighted by molar-refractivity contribution is 7.07. The van der Waals surface area contributed by atoms with Gasteiger partial charge in [0.25, 0.3) is 6.47 Å². The lowest BCUT2D eigenvalue weighted by Gasteiger charge is -2.29. The Morgan fingerprint density at radius 1 is 1.59 bits per heavy atom. The molecule has 1 aliphatic rings. The van der Waals surface area contributed by atoms with Crippen molar-refractivity contribution in [3.63, 3.8) is 0 Å². The van der Waals surface area contributed by atoms with Gasteiger partial charge in [-0.2, -0.15) is 0 Å². The van der Waals surface area contributed by atoms with Crippen molar-refractivity contribution in [3.8, 4) is 0 Å². The van der Waals surface area contributed by atoms with Crippen LogP contribution in [0.2, 0.25) is 0 Å². The summed E-state index contributed by atoms with van der Waals surface area (Å²) >= 11 is 1.57. The number of carbonyl (C=O) groups is 1. The number of carbonyl (C=O) groups excluding carboxylic acids is 1. The van der Waals surface area contributed by atoms with Crippen molar-refractivity contribution in [2.24, 2.45) is 0 Å². The Balaban J connectivity index is 1.92. The van der Waals surface area contributed by atoms with Gasteiger partial charge in [0.15, 0.2) is 0 Å². The van der Waals surface area contributed by atoms with Gasteiger partial charge in [-0.25, -0.2) is 4.98 Å². The van der Waals surface area contributed by atoms with E-state index in [1.54, 1.807) is 11.3 Å². The predicted octanol–water partition coefficient (Wildman–Crippen LogP) is 0.732. The SMILES string of the molecule is O=COCC(CN1CCOCC1)c1cscn1. The van der Waals surface area contributed by atoms with E-state index >= 15 is 0 Å². The number of rotatable bonds is 6. The molecule has 1 atom stereocenters. The van der Waals surface area contributed by atoms with E-state index in [0.29, 0.717) is 13.1 Å². The van der Waals surface area contributed by atoms with Crippen LogP contribution in [0.3, 0.4) is 0 Å². The summed E-state index contributed by atoms with van der Waals surface area (Å²) < 4.78 is 10.2. The molecule has 1 fully saturated rings. The first-order chi connectivity index (χ1) is 8.40. The number of ether oxygens (including phenoxy) is 2. The maximum absolute atomic E-state index is 10.3. The van der Waals surface area contributed by atoms with E-state index in [1.165, 1.54) is 0 Å². The number of thiazole rings is 1. The molecule has 0 saturated carbocycles. The molecule has 2 heterocycles. The lowest BCUT2D eigenvalue weighted by Crippen LogP contribution is -2.39. The summed E-state index contributed by atoms with van der Waals surface area (Å²) in [5.41, 5.74) is 2.81. The standard InChI is InChI=1S/C11H16N2O3S/c14-9-16-6-10(11-7-17-8-12-11)5-13-1-3-15-4-2-13/h7-10H,1-6H2. The van der Waals surface area contributed by atoms with Gasteiger partial charge < -0.3 is 9.47 Å². The molecule has 0 bridgehead atoms. The second-order valence-corrected chi connectivity index (χ2v) is 4.67. The molecular formula is C11H16N2O3S. The Morgan fingerprint density at radius 3 is 3.06 bits per heavy atom. The van der Waals surface area contributed by atoms with Gasteiger partial charge in [0.05, 0.1) is 24.4 Å². The average Bonchev–Trinajstić information content (AvgIpc) is 2.89. The number of morpholine rings is 1. The Morgan fingerprint density at radius 2 is 2.41 bits per heavy atom. The highest BCUT2D eigenvalue weighted by Gasteiger charge is 2.20. The molecule has 1 unspecified atom stereocenters. The lowest BCUT2D eigenvalue weighted by molar-refractivity contribution is -0.129. The molecule has 0 aromatic carbocycles. The molecule has 1 aliphatic heterocycles. The summed E-state index contributed by atoms with van der Waals surface area (Å²) in [4.78, 5) is 16.9. The fraction of sp³-hybridized carbons (Fsp3) is 0.636. The number of hydrogen-bond acceptors (Lipinski definition) is 6. The van der Waals surface area contributed by atoms with Gasteiger partial charge in [-0.3, -0.25) is 9.69 Å². The van der Waals surface area contributed by atoms with Crippen molar-refractivity contribution in [1.82, 2.24) is 9.88 Å². The summed E-state index contributed by atoms with van der Waals surface area (Å²) in [6.45, 7) is 5.17. The molecule has 94 valence electrons. The second-order valence-electron chi connectivity index (χ2n) is 3.95. The van der Waals surface area contributed by atoms with Gasteiger partial charge in [-0.1, -0.05) is 0 Å². The molecule has 6 heteroatoms. The van der Waals surface area contributed by atoms with E-state index in [1.807, 2.05) is 10.9 Å². The molecule has 5 nitrogen and oxygen atoms in total. The summed E-state index contributed by atoms with van der Waals surface area (Å²) in [7, 11) is 0. The third-order valence-corrected chi connectivity index (χ3v) is 3.42. The van der Waals surface area contributed by atoms with Crippen LogP contribution in [0, 0.1) is 0 Å². The highest BCUT2D eigenvalue weighted by Crippen LogP contribution is 2.18. The van der Waals surface area contributed by atoms with Gasteiger partial charge in [-0.15, -0.1) is 11.3 Å². The minimum absolute atomic E-state index is 0.157.